The molecule has 11 heteroatoms. The van der Waals surface area contributed by atoms with E-state index < -0.39 is 5.82 Å². The molecule has 1 aromatic carbocycles. The lowest BCUT2D eigenvalue weighted by Crippen LogP contribution is -2.29. The predicted octanol–water partition coefficient (Wildman–Crippen LogP) is 3.27. The van der Waals surface area contributed by atoms with Crippen LogP contribution in [0.2, 0.25) is 5.02 Å². The molecule has 1 fully saturated rings. The Hall–Kier alpha value is -3.34. The molecule has 2 aromatic heterocycles. The highest BCUT2D eigenvalue weighted by Crippen LogP contribution is 2.30. The summed E-state index contributed by atoms with van der Waals surface area (Å²) in [6.07, 6.45) is 5.71. The van der Waals surface area contributed by atoms with Gasteiger partial charge in [-0.1, -0.05) is 11.6 Å². The number of aliphatic hydroxyl groups is 1. The monoisotopic (exact) mass is 500 g/mol. The number of likely N-dealkylation sites (tertiary alicyclic amines) is 1. The van der Waals surface area contributed by atoms with Crippen molar-refractivity contribution in [3.05, 3.63) is 59.3 Å². The second-order valence-electron chi connectivity index (χ2n) is 8.13. The van der Waals surface area contributed by atoms with Crippen LogP contribution in [0.4, 0.5) is 15.9 Å². The summed E-state index contributed by atoms with van der Waals surface area (Å²) in [5.74, 6) is -0.133. The van der Waals surface area contributed by atoms with Gasteiger partial charge in [0.2, 0.25) is 0 Å². The van der Waals surface area contributed by atoms with E-state index in [-0.39, 0.29) is 29.2 Å². The minimum Gasteiger partial charge on any atom is -0.491 e. The zero-order valence-corrected chi connectivity index (χ0v) is 19.9. The van der Waals surface area contributed by atoms with E-state index in [1.807, 2.05) is 0 Å². The molecular formula is C24H26ClFN6O3. The predicted molar refractivity (Wildman–Crippen MR) is 131 cm³/mol. The largest absolute Gasteiger partial charge is 0.491 e. The van der Waals surface area contributed by atoms with E-state index in [1.54, 1.807) is 12.3 Å². The van der Waals surface area contributed by atoms with Crippen LogP contribution in [-0.2, 0) is 0 Å². The molecule has 1 atom stereocenters. The van der Waals surface area contributed by atoms with Crippen molar-refractivity contribution in [1.29, 1.82) is 0 Å². The minimum atomic E-state index is -0.516. The molecule has 1 saturated heterocycles. The molecule has 0 spiro atoms. The van der Waals surface area contributed by atoms with Crippen molar-refractivity contribution in [2.75, 3.05) is 38.6 Å². The van der Waals surface area contributed by atoms with Crippen LogP contribution in [0.25, 0.3) is 11.4 Å². The Labute approximate surface area is 207 Å². The first kappa shape index (κ1) is 24.8. The van der Waals surface area contributed by atoms with E-state index in [2.05, 4.69) is 30.5 Å². The van der Waals surface area contributed by atoms with Gasteiger partial charge in [0.15, 0.2) is 17.4 Å². The maximum absolute atomic E-state index is 14.4. The van der Waals surface area contributed by atoms with Crippen molar-refractivity contribution < 1.29 is 19.0 Å². The third-order valence-electron chi connectivity index (χ3n) is 5.65. The number of β-amino-alcohol motifs (C(OH)–C–C–N with tert-alkyl or cyclic N) is 1. The number of nitrogens with zero attached hydrogens (tertiary/aromatic N) is 4. The van der Waals surface area contributed by atoms with Gasteiger partial charge in [0.25, 0.3) is 5.91 Å². The Morgan fingerprint density at radius 3 is 2.97 bits per heavy atom. The third-order valence-corrected chi connectivity index (χ3v) is 5.88. The maximum Gasteiger partial charge on any atom is 0.254 e. The van der Waals surface area contributed by atoms with Crippen molar-refractivity contribution in [3.63, 3.8) is 0 Å². The normalized spacial score (nSPS) is 15.7. The van der Waals surface area contributed by atoms with E-state index >= 15 is 0 Å². The molecule has 0 saturated carbocycles. The summed E-state index contributed by atoms with van der Waals surface area (Å²) in [6.45, 7) is 2.82. The van der Waals surface area contributed by atoms with Crippen LogP contribution in [0.15, 0.2) is 42.9 Å². The molecule has 184 valence electrons. The number of aromatic nitrogens is 3. The number of pyridine rings is 1. The number of nitrogens with one attached hydrogen (secondary N) is 2. The van der Waals surface area contributed by atoms with Crippen LogP contribution in [0, 0.1) is 5.82 Å². The Kier molecular flexibility index (Phi) is 8.06. The first-order valence-electron chi connectivity index (χ1n) is 11.2. The molecule has 1 aliphatic heterocycles. The van der Waals surface area contributed by atoms with Gasteiger partial charge < -0.3 is 25.4 Å². The molecule has 1 amide bonds. The van der Waals surface area contributed by atoms with Gasteiger partial charge in [-0.3, -0.25) is 9.78 Å². The number of amides is 1. The van der Waals surface area contributed by atoms with Crippen LogP contribution < -0.4 is 15.4 Å². The summed E-state index contributed by atoms with van der Waals surface area (Å²) in [7, 11) is 1.46. The van der Waals surface area contributed by atoms with Gasteiger partial charge in [-0.2, -0.15) is 0 Å². The number of hydrogen-bond acceptors (Lipinski definition) is 8. The number of carbonyl (C=O) groups is 1. The van der Waals surface area contributed by atoms with Crippen molar-refractivity contribution in [3.8, 4) is 17.1 Å². The lowest BCUT2D eigenvalue weighted by Gasteiger charge is -2.16. The van der Waals surface area contributed by atoms with Crippen molar-refractivity contribution in [2.45, 2.75) is 18.9 Å². The standard InChI is InChI=1S/C24H26ClFN6O3/c1-35-21-13-29-22(17-11-15(25)3-4-19(17)26)31-23(21)30-20-5-8-27-12-18(20)24(34)28-7-2-9-32-10-6-16(33)14-32/h3-5,8,11-13,16,33H,2,6-7,9-10,14H2,1H3,(H,28,34)(H,27,29,30,31)/t16-/m0/s1. The highest BCUT2D eigenvalue weighted by molar-refractivity contribution is 6.30. The molecule has 9 nitrogen and oxygen atoms in total. The van der Waals surface area contributed by atoms with Crippen LogP contribution >= 0.6 is 11.6 Å². The quantitative estimate of drug-likeness (QED) is 0.384. The second kappa shape index (κ2) is 11.4. The molecule has 3 heterocycles. The Balaban J connectivity index is 1.48. The summed E-state index contributed by atoms with van der Waals surface area (Å²) in [6, 6.07) is 5.77. The highest BCUT2D eigenvalue weighted by Gasteiger charge is 2.20. The Morgan fingerprint density at radius 2 is 2.20 bits per heavy atom. The Bertz CT molecular complexity index is 1200. The lowest BCUT2D eigenvalue weighted by molar-refractivity contribution is 0.0952. The first-order valence-corrected chi connectivity index (χ1v) is 11.6. The first-order chi connectivity index (χ1) is 16.9. The van der Waals surface area contributed by atoms with Crippen molar-refractivity contribution in [2.24, 2.45) is 0 Å². The highest BCUT2D eigenvalue weighted by atomic mass is 35.5. The number of aliphatic hydroxyl groups excluding tert-OH is 1. The number of methoxy groups -OCH3 is 1. The fourth-order valence-corrected chi connectivity index (χ4v) is 4.01. The zero-order valence-electron chi connectivity index (χ0n) is 19.2. The van der Waals surface area contributed by atoms with E-state index in [4.69, 9.17) is 16.3 Å². The fraction of sp³-hybridized carbons (Fsp3) is 0.333. The van der Waals surface area contributed by atoms with Crippen LogP contribution in [-0.4, -0.2) is 70.3 Å². The second-order valence-corrected chi connectivity index (χ2v) is 8.57. The van der Waals surface area contributed by atoms with E-state index in [0.717, 1.165) is 25.9 Å². The average molecular weight is 501 g/mol. The lowest BCUT2D eigenvalue weighted by atomic mass is 10.2. The number of rotatable bonds is 9. The molecular weight excluding hydrogens is 475 g/mol. The molecule has 0 bridgehead atoms. The topological polar surface area (TPSA) is 112 Å². The van der Waals surface area contributed by atoms with Gasteiger partial charge in [-0.15, -0.1) is 0 Å². The van der Waals surface area contributed by atoms with Gasteiger partial charge in [-0.25, -0.2) is 14.4 Å². The molecule has 4 rings (SSSR count). The number of halogens is 2. The number of ether oxygens (including phenoxy) is 1. The molecule has 0 unspecified atom stereocenters. The number of anilines is 2. The van der Waals surface area contributed by atoms with E-state index in [0.29, 0.717) is 35.1 Å². The summed E-state index contributed by atoms with van der Waals surface area (Å²) in [5, 5.41) is 16.0. The molecule has 3 N–H and O–H groups in total. The van der Waals surface area contributed by atoms with Crippen LogP contribution in [0.1, 0.15) is 23.2 Å². The van der Waals surface area contributed by atoms with E-state index in [1.165, 1.54) is 37.7 Å². The van der Waals surface area contributed by atoms with Gasteiger partial charge in [0.1, 0.15) is 5.82 Å². The fourth-order valence-electron chi connectivity index (χ4n) is 3.84. The van der Waals surface area contributed by atoms with Gasteiger partial charge in [-0.05, 0) is 43.7 Å². The van der Waals surface area contributed by atoms with Crippen LogP contribution in [0.5, 0.6) is 5.75 Å². The van der Waals surface area contributed by atoms with Crippen molar-refractivity contribution in [1.82, 2.24) is 25.2 Å². The molecule has 0 aliphatic carbocycles. The van der Waals surface area contributed by atoms with E-state index in [9.17, 15) is 14.3 Å². The SMILES string of the molecule is COc1cnc(-c2cc(Cl)ccc2F)nc1Nc1ccncc1C(=O)NCCCN1CC[C@H](O)C1. The molecule has 0 radical (unpaired) electrons. The average Bonchev–Trinajstić information content (AvgIpc) is 3.28. The Morgan fingerprint density at radius 1 is 1.34 bits per heavy atom. The zero-order chi connectivity index (χ0) is 24.8. The summed E-state index contributed by atoms with van der Waals surface area (Å²) < 4.78 is 19.7. The number of carbonyl (C=O) groups excluding carboxylic acids is 1. The summed E-state index contributed by atoms with van der Waals surface area (Å²) in [4.78, 5) is 27.7. The van der Waals surface area contributed by atoms with Crippen molar-refractivity contribution >= 4 is 29.0 Å². The molecule has 35 heavy (non-hydrogen) atoms. The maximum atomic E-state index is 14.4. The minimum absolute atomic E-state index is 0.111. The smallest absolute Gasteiger partial charge is 0.254 e. The third kappa shape index (κ3) is 6.21. The van der Waals surface area contributed by atoms with Gasteiger partial charge >= 0.3 is 0 Å². The van der Waals surface area contributed by atoms with Gasteiger partial charge in [0.05, 0.1) is 36.2 Å². The number of benzene rings is 1. The molecule has 1 aliphatic rings. The summed E-state index contributed by atoms with van der Waals surface area (Å²) >= 11 is 6.02. The molecule has 3 aromatic rings. The van der Waals surface area contributed by atoms with Gasteiger partial charge in [0, 0.05) is 37.1 Å². The number of hydrogen-bond donors (Lipinski definition) is 3. The van der Waals surface area contributed by atoms with Crippen LogP contribution in [0.3, 0.4) is 0 Å². The summed E-state index contributed by atoms with van der Waals surface area (Å²) in [5.41, 5.74) is 0.913.